The molecule has 0 aromatic heterocycles. The Morgan fingerprint density at radius 3 is 2.62 bits per heavy atom. The van der Waals surface area contributed by atoms with Crippen molar-refractivity contribution in [1.29, 1.82) is 0 Å². The predicted molar refractivity (Wildman–Crippen MR) is 84.8 cm³/mol. The highest BCUT2D eigenvalue weighted by molar-refractivity contribution is 7.89. The third-order valence-corrected chi connectivity index (χ3v) is 4.73. The number of sulfonamides is 1. The molecule has 2 atom stereocenters. The molecule has 0 aliphatic carbocycles. The summed E-state index contributed by atoms with van der Waals surface area (Å²) in [5.41, 5.74) is 0.964. The molecule has 2 unspecified atom stereocenters. The van der Waals surface area contributed by atoms with Gasteiger partial charge in [0, 0.05) is 19.2 Å². The molecule has 6 heteroatoms. The van der Waals surface area contributed by atoms with Crippen molar-refractivity contribution in [1.82, 2.24) is 10.0 Å². The first-order valence-corrected chi connectivity index (χ1v) is 8.73. The van der Waals surface area contributed by atoms with Gasteiger partial charge in [-0.2, -0.15) is 0 Å². The zero-order valence-corrected chi connectivity index (χ0v) is 14.0. The van der Waals surface area contributed by atoms with E-state index >= 15 is 0 Å². The lowest BCUT2D eigenvalue weighted by atomic mass is 10.1. The summed E-state index contributed by atoms with van der Waals surface area (Å²) in [4.78, 5) is 0.285. The number of methoxy groups -OCH3 is 1. The van der Waals surface area contributed by atoms with Gasteiger partial charge in [-0.05, 0) is 44.5 Å². The normalized spacial score (nSPS) is 14.9. The zero-order chi connectivity index (χ0) is 15.9. The highest BCUT2D eigenvalue weighted by Gasteiger charge is 2.18. The molecule has 0 radical (unpaired) electrons. The molecule has 0 saturated carbocycles. The summed E-state index contributed by atoms with van der Waals surface area (Å²) in [6.07, 6.45) is 1.04. The maximum atomic E-state index is 12.3. The Bertz CT molecular complexity index is 531. The molecule has 120 valence electrons. The van der Waals surface area contributed by atoms with Crippen molar-refractivity contribution in [2.24, 2.45) is 0 Å². The SMILES string of the molecule is CCCNC(C)c1cccc(S(=O)(=O)NC(C)COC)c1. The van der Waals surface area contributed by atoms with Gasteiger partial charge in [0.05, 0.1) is 11.5 Å². The van der Waals surface area contributed by atoms with Crippen LogP contribution in [0.1, 0.15) is 38.8 Å². The van der Waals surface area contributed by atoms with Gasteiger partial charge in [-0.3, -0.25) is 0 Å². The number of nitrogens with one attached hydrogen (secondary N) is 2. The van der Waals surface area contributed by atoms with Crippen LogP contribution < -0.4 is 10.0 Å². The topological polar surface area (TPSA) is 67.4 Å². The molecule has 1 aromatic carbocycles. The van der Waals surface area contributed by atoms with Gasteiger partial charge in [-0.25, -0.2) is 13.1 Å². The molecule has 2 N–H and O–H groups in total. The van der Waals surface area contributed by atoms with Crippen LogP contribution in [0.25, 0.3) is 0 Å². The van der Waals surface area contributed by atoms with Crippen LogP contribution >= 0.6 is 0 Å². The van der Waals surface area contributed by atoms with Crippen molar-refractivity contribution in [2.75, 3.05) is 20.3 Å². The van der Waals surface area contributed by atoms with Crippen molar-refractivity contribution in [3.63, 3.8) is 0 Å². The second-order valence-corrected chi connectivity index (χ2v) is 6.94. The molecule has 1 aromatic rings. The second-order valence-electron chi connectivity index (χ2n) is 5.23. The van der Waals surface area contributed by atoms with Crippen LogP contribution in [0.3, 0.4) is 0 Å². The minimum absolute atomic E-state index is 0.122. The van der Waals surface area contributed by atoms with Gasteiger partial charge in [0.25, 0.3) is 0 Å². The molecular weight excluding hydrogens is 288 g/mol. The fourth-order valence-electron chi connectivity index (χ4n) is 2.05. The van der Waals surface area contributed by atoms with Crippen LogP contribution in [0.4, 0.5) is 0 Å². The lowest BCUT2D eigenvalue weighted by Gasteiger charge is -2.16. The van der Waals surface area contributed by atoms with Gasteiger partial charge in [0.1, 0.15) is 0 Å². The molecule has 0 aliphatic rings. The van der Waals surface area contributed by atoms with Crippen LogP contribution in [0.5, 0.6) is 0 Å². The van der Waals surface area contributed by atoms with Crippen molar-refractivity contribution < 1.29 is 13.2 Å². The van der Waals surface area contributed by atoms with Gasteiger partial charge in [0.2, 0.25) is 10.0 Å². The van der Waals surface area contributed by atoms with E-state index in [0.717, 1.165) is 18.5 Å². The molecular formula is C15H26N2O3S. The summed E-state index contributed by atoms with van der Waals surface area (Å²) in [6, 6.07) is 6.89. The predicted octanol–water partition coefficient (Wildman–Crippen LogP) is 2.06. The maximum Gasteiger partial charge on any atom is 0.240 e. The Hall–Kier alpha value is -0.950. The van der Waals surface area contributed by atoms with Gasteiger partial charge >= 0.3 is 0 Å². The van der Waals surface area contributed by atoms with E-state index in [1.165, 1.54) is 0 Å². The number of hydrogen-bond acceptors (Lipinski definition) is 4. The molecule has 0 fully saturated rings. The fourth-order valence-corrected chi connectivity index (χ4v) is 3.33. The van der Waals surface area contributed by atoms with E-state index in [0.29, 0.717) is 6.61 Å². The standard InChI is InChI=1S/C15H26N2O3S/c1-5-9-16-13(3)14-7-6-8-15(10-14)21(18,19)17-12(2)11-20-4/h6-8,10,12-13,16-17H,5,9,11H2,1-4H3. The highest BCUT2D eigenvalue weighted by atomic mass is 32.2. The quantitative estimate of drug-likeness (QED) is 0.732. The molecule has 5 nitrogen and oxygen atoms in total. The molecule has 0 spiro atoms. The van der Waals surface area contributed by atoms with Crippen LogP contribution in [0, 0.1) is 0 Å². The van der Waals surface area contributed by atoms with Crippen LogP contribution in [0.2, 0.25) is 0 Å². The van der Waals surface area contributed by atoms with E-state index < -0.39 is 10.0 Å². The molecule has 0 saturated heterocycles. The van der Waals surface area contributed by atoms with Gasteiger partial charge in [-0.15, -0.1) is 0 Å². The largest absolute Gasteiger partial charge is 0.383 e. The lowest BCUT2D eigenvalue weighted by molar-refractivity contribution is 0.180. The van der Waals surface area contributed by atoms with E-state index in [1.54, 1.807) is 32.2 Å². The Balaban J connectivity index is 2.88. The Kier molecular flexibility index (Phi) is 7.31. The van der Waals surface area contributed by atoms with Gasteiger partial charge in [0.15, 0.2) is 0 Å². The van der Waals surface area contributed by atoms with Crippen molar-refractivity contribution in [3.8, 4) is 0 Å². The summed E-state index contributed by atoms with van der Waals surface area (Å²) in [7, 11) is -1.97. The third-order valence-electron chi connectivity index (χ3n) is 3.14. The highest BCUT2D eigenvalue weighted by Crippen LogP contribution is 2.17. The monoisotopic (exact) mass is 314 g/mol. The Labute approximate surface area is 128 Å². The summed E-state index contributed by atoms with van der Waals surface area (Å²) in [5.74, 6) is 0. The first-order valence-electron chi connectivity index (χ1n) is 7.25. The minimum atomic E-state index is -3.52. The van der Waals surface area contributed by atoms with E-state index in [9.17, 15) is 8.42 Å². The Morgan fingerprint density at radius 2 is 2.00 bits per heavy atom. The first-order chi connectivity index (χ1) is 9.90. The summed E-state index contributed by atoms with van der Waals surface area (Å²) < 4.78 is 32.2. The number of hydrogen-bond donors (Lipinski definition) is 2. The van der Waals surface area contributed by atoms with Crippen LogP contribution in [-0.4, -0.2) is 34.7 Å². The molecule has 0 heterocycles. The van der Waals surface area contributed by atoms with Gasteiger partial charge in [-0.1, -0.05) is 19.1 Å². The van der Waals surface area contributed by atoms with Crippen LogP contribution in [-0.2, 0) is 14.8 Å². The number of rotatable bonds is 9. The second kappa shape index (κ2) is 8.48. The molecule has 21 heavy (non-hydrogen) atoms. The average Bonchev–Trinajstić information content (AvgIpc) is 2.44. The zero-order valence-electron chi connectivity index (χ0n) is 13.2. The van der Waals surface area contributed by atoms with Crippen molar-refractivity contribution in [2.45, 2.75) is 44.2 Å². The number of benzene rings is 1. The molecule has 0 bridgehead atoms. The molecule has 0 aliphatic heterocycles. The number of ether oxygens (including phenoxy) is 1. The van der Waals surface area contributed by atoms with Crippen molar-refractivity contribution >= 4 is 10.0 Å². The van der Waals surface area contributed by atoms with Crippen molar-refractivity contribution in [3.05, 3.63) is 29.8 Å². The Morgan fingerprint density at radius 1 is 1.29 bits per heavy atom. The molecule has 1 rings (SSSR count). The van der Waals surface area contributed by atoms with E-state index in [2.05, 4.69) is 17.0 Å². The first kappa shape index (κ1) is 18.1. The smallest absolute Gasteiger partial charge is 0.240 e. The van der Waals surface area contributed by atoms with Crippen LogP contribution in [0.15, 0.2) is 29.2 Å². The van der Waals surface area contributed by atoms with E-state index in [-0.39, 0.29) is 17.0 Å². The van der Waals surface area contributed by atoms with E-state index in [1.807, 2.05) is 13.0 Å². The lowest BCUT2D eigenvalue weighted by Crippen LogP contribution is -2.35. The van der Waals surface area contributed by atoms with Gasteiger partial charge < -0.3 is 10.1 Å². The third kappa shape index (κ3) is 5.74. The summed E-state index contributed by atoms with van der Waals surface area (Å²) in [5, 5.41) is 3.35. The fraction of sp³-hybridized carbons (Fsp3) is 0.600. The maximum absolute atomic E-state index is 12.3. The summed E-state index contributed by atoms with van der Waals surface area (Å²) >= 11 is 0. The molecule has 0 amide bonds. The summed E-state index contributed by atoms with van der Waals surface area (Å²) in [6.45, 7) is 7.15. The average molecular weight is 314 g/mol. The van der Waals surface area contributed by atoms with E-state index in [4.69, 9.17) is 4.74 Å². The minimum Gasteiger partial charge on any atom is -0.383 e.